The summed E-state index contributed by atoms with van der Waals surface area (Å²) in [5.41, 5.74) is 5.54. The van der Waals surface area contributed by atoms with Gasteiger partial charge in [-0.15, -0.1) is 0 Å². The molecule has 0 fully saturated rings. The minimum Gasteiger partial charge on any atom is -0.455 e. The Morgan fingerprint density at radius 1 is 0.760 bits per heavy atom. The monoisotopic (exact) mass is 424 g/mol. The van der Waals surface area contributed by atoms with Gasteiger partial charge in [-0.05, 0) is 84.0 Å². The Bertz CT molecular complexity index is 373. The van der Waals surface area contributed by atoms with Crippen LogP contribution in [0.4, 0.5) is 0 Å². The quantitative estimate of drug-likeness (QED) is 0.327. The summed E-state index contributed by atoms with van der Waals surface area (Å²) in [4.78, 5) is 0. The topological polar surface area (TPSA) is 65.7 Å². The van der Waals surface area contributed by atoms with E-state index in [2.05, 4.69) is 64.2 Å². The molecule has 0 saturated carbocycles. The highest BCUT2D eigenvalue weighted by atomic mass is 28.4. The van der Waals surface area contributed by atoms with Crippen LogP contribution in [0, 0.1) is 0 Å². The van der Waals surface area contributed by atoms with Crippen LogP contribution in [-0.2, 0) is 12.7 Å². The van der Waals surface area contributed by atoms with Crippen LogP contribution in [0.2, 0.25) is 71.0 Å². The molecule has 0 aliphatic rings. The molecule has 152 valence electrons. The van der Waals surface area contributed by atoms with E-state index in [1.54, 1.807) is 0 Å². The number of hydrogen-bond acceptors (Lipinski definition) is 5. The Balaban J connectivity index is 4.57. The smallest absolute Gasteiger partial charge is 0.321 e. The average molecular weight is 425 g/mol. The van der Waals surface area contributed by atoms with Crippen LogP contribution in [-0.4, -0.2) is 59.8 Å². The van der Waals surface area contributed by atoms with Crippen molar-refractivity contribution in [3.05, 3.63) is 0 Å². The lowest BCUT2D eigenvalue weighted by Crippen LogP contribution is -2.48. The number of hydrogen-bond donors (Lipinski definition) is 2. The Kier molecular flexibility index (Phi) is 11.2. The molecule has 25 heavy (non-hydrogen) atoms. The first-order valence-corrected chi connectivity index (χ1v) is 22.1. The minimum atomic E-state index is -2.03. The lowest BCUT2D eigenvalue weighted by molar-refractivity contribution is 0.257. The van der Waals surface area contributed by atoms with Gasteiger partial charge in [-0.3, -0.25) is 0 Å². The summed E-state index contributed by atoms with van der Waals surface area (Å²) in [7, 11) is -6.90. The molecule has 0 radical (unpaired) electrons. The highest BCUT2D eigenvalue weighted by Crippen LogP contribution is 2.25. The fourth-order valence-electron chi connectivity index (χ4n) is 3.06. The maximum atomic E-state index is 6.68. The van der Waals surface area contributed by atoms with Gasteiger partial charge in [-0.1, -0.05) is 0 Å². The van der Waals surface area contributed by atoms with Gasteiger partial charge in [0.2, 0.25) is 0 Å². The molecular formula is C16H44N2O3Si4. The maximum Gasteiger partial charge on any atom is 0.321 e. The van der Waals surface area contributed by atoms with Crippen molar-refractivity contribution in [3.63, 3.8) is 0 Å². The molecule has 9 heteroatoms. The predicted octanol–water partition coefficient (Wildman–Crippen LogP) is 3.92. The summed E-state index contributed by atoms with van der Waals surface area (Å²) in [6, 6.07) is 2.23. The molecular weight excluding hydrogens is 381 g/mol. The lowest BCUT2D eigenvalue weighted by atomic mass is 10.5. The van der Waals surface area contributed by atoms with E-state index in [4.69, 9.17) is 18.4 Å². The zero-order chi connectivity index (χ0) is 19.8. The summed E-state index contributed by atoms with van der Waals surface area (Å²) in [5.74, 6) is 0. The van der Waals surface area contributed by atoms with Crippen LogP contribution in [0.1, 0.15) is 6.42 Å². The third kappa shape index (κ3) is 15.4. The van der Waals surface area contributed by atoms with Crippen molar-refractivity contribution in [2.45, 2.75) is 77.4 Å². The molecule has 1 unspecified atom stereocenters. The first kappa shape index (κ1) is 25.7. The van der Waals surface area contributed by atoms with Crippen molar-refractivity contribution in [1.29, 1.82) is 0 Å². The van der Waals surface area contributed by atoms with Gasteiger partial charge in [0.15, 0.2) is 25.0 Å². The van der Waals surface area contributed by atoms with Gasteiger partial charge in [0.05, 0.1) is 0 Å². The van der Waals surface area contributed by atoms with E-state index in [0.717, 1.165) is 32.2 Å². The molecule has 0 saturated heterocycles. The van der Waals surface area contributed by atoms with Crippen molar-refractivity contribution < 1.29 is 12.7 Å². The van der Waals surface area contributed by atoms with Crippen molar-refractivity contribution in [3.8, 4) is 0 Å². The lowest BCUT2D eigenvalue weighted by Gasteiger charge is -2.36. The molecule has 3 N–H and O–H groups in total. The standard InChI is InChI=1S/C16H44N2O3Si4/c1-22(2,3)20-24(7,8)19-14-16-25(9,21-23(4,5)6)15-10-12-18-13-11-17/h18H,10-17H2,1-9H3. The second kappa shape index (κ2) is 10.9. The van der Waals surface area contributed by atoms with Gasteiger partial charge >= 0.3 is 8.56 Å². The maximum absolute atomic E-state index is 6.68. The first-order chi connectivity index (χ1) is 11.2. The molecule has 0 heterocycles. The van der Waals surface area contributed by atoms with Gasteiger partial charge in [-0.25, -0.2) is 0 Å². The molecule has 1 atom stereocenters. The number of rotatable bonds is 14. The fraction of sp³-hybridized carbons (Fsp3) is 1.00. The summed E-state index contributed by atoms with van der Waals surface area (Å²) in [6.45, 7) is 23.7. The second-order valence-electron chi connectivity index (χ2n) is 9.52. The molecule has 0 spiro atoms. The summed E-state index contributed by atoms with van der Waals surface area (Å²) < 4.78 is 19.2. The van der Waals surface area contributed by atoms with Crippen molar-refractivity contribution >= 4 is 33.5 Å². The Labute approximate surface area is 161 Å². The molecule has 0 aromatic rings. The fourth-order valence-corrected chi connectivity index (χ4v) is 18.4. The van der Waals surface area contributed by atoms with E-state index in [1.165, 1.54) is 6.04 Å². The molecule has 0 aromatic heterocycles. The Hall–Kier alpha value is 0.668. The van der Waals surface area contributed by atoms with Crippen molar-refractivity contribution in [2.75, 3.05) is 26.2 Å². The highest BCUT2D eigenvalue weighted by Gasteiger charge is 2.36. The minimum absolute atomic E-state index is 0.699. The average Bonchev–Trinajstić information content (AvgIpc) is 2.32. The van der Waals surface area contributed by atoms with Crippen LogP contribution in [0.3, 0.4) is 0 Å². The van der Waals surface area contributed by atoms with Crippen LogP contribution < -0.4 is 11.1 Å². The molecule has 0 aromatic carbocycles. The normalized spacial score (nSPS) is 16.1. The molecule has 5 nitrogen and oxygen atoms in total. The summed E-state index contributed by atoms with van der Waals surface area (Å²) in [6.07, 6.45) is 1.15. The third-order valence-corrected chi connectivity index (χ3v) is 16.0. The molecule has 0 aliphatic heterocycles. The Morgan fingerprint density at radius 2 is 1.32 bits per heavy atom. The molecule has 0 aliphatic carbocycles. The zero-order valence-electron chi connectivity index (χ0n) is 18.3. The van der Waals surface area contributed by atoms with Gasteiger partial charge in [0, 0.05) is 19.7 Å². The van der Waals surface area contributed by atoms with Crippen LogP contribution in [0.15, 0.2) is 0 Å². The van der Waals surface area contributed by atoms with E-state index in [-0.39, 0.29) is 0 Å². The summed E-state index contributed by atoms with van der Waals surface area (Å²) in [5, 5.41) is 3.39. The SMILES string of the molecule is C[Si](C)(C)O[Si](C)(CCCNCCN)CCO[Si](C)(C)O[Si](C)(C)C. The van der Waals surface area contributed by atoms with Gasteiger partial charge < -0.3 is 23.7 Å². The molecule has 0 rings (SSSR count). The summed E-state index contributed by atoms with van der Waals surface area (Å²) >= 11 is 0. The number of nitrogens with two attached hydrogens (primary N) is 1. The van der Waals surface area contributed by atoms with Crippen LogP contribution >= 0.6 is 0 Å². The molecule has 0 amide bonds. The largest absolute Gasteiger partial charge is 0.455 e. The van der Waals surface area contributed by atoms with E-state index in [1.807, 2.05) is 0 Å². The Morgan fingerprint density at radius 3 is 1.80 bits per heavy atom. The number of nitrogens with one attached hydrogen (secondary N) is 1. The zero-order valence-corrected chi connectivity index (χ0v) is 22.3. The van der Waals surface area contributed by atoms with Gasteiger partial charge in [0.25, 0.3) is 0 Å². The van der Waals surface area contributed by atoms with Crippen LogP contribution in [0.25, 0.3) is 0 Å². The van der Waals surface area contributed by atoms with Crippen molar-refractivity contribution in [2.24, 2.45) is 5.73 Å². The van der Waals surface area contributed by atoms with E-state index in [9.17, 15) is 0 Å². The molecule has 0 bridgehead atoms. The van der Waals surface area contributed by atoms with Gasteiger partial charge in [0.1, 0.15) is 0 Å². The van der Waals surface area contributed by atoms with Crippen molar-refractivity contribution in [1.82, 2.24) is 5.32 Å². The third-order valence-electron chi connectivity index (χ3n) is 3.57. The van der Waals surface area contributed by atoms with E-state index in [0.29, 0.717) is 6.54 Å². The highest BCUT2D eigenvalue weighted by molar-refractivity contribution is 6.85. The second-order valence-corrected chi connectivity index (χ2v) is 26.6. The predicted molar refractivity (Wildman–Crippen MR) is 120 cm³/mol. The van der Waals surface area contributed by atoms with E-state index >= 15 is 0 Å². The van der Waals surface area contributed by atoms with Crippen LogP contribution in [0.5, 0.6) is 0 Å². The van der Waals surface area contributed by atoms with E-state index < -0.39 is 33.5 Å². The first-order valence-electron chi connectivity index (χ1n) is 9.63. The van der Waals surface area contributed by atoms with Gasteiger partial charge in [-0.2, -0.15) is 0 Å².